The van der Waals surface area contributed by atoms with Gasteiger partial charge in [0.15, 0.2) is 0 Å². The molecule has 6 nitrogen and oxygen atoms in total. The van der Waals surface area contributed by atoms with Gasteiger partial charge in [-0.15, -0.1) is 0 Å². The number of methoxy groups -OCH3 is 3. The highest BCUT2D eigenvalue weighted by Crippen LogP contribution is 2.24. The Morgan fingerprint density at radius 2 is 1.90 bits per heavy atom. The molecule has 0 aromatic heterocycles. The predicted octanol–water partition coefficient (Wildman–Crippen LogP) is 3.18. The van der Waals surface area contributed by atoms with Crippen LogP contribution in [-0.4, -0.2) is 83.2 Å². The van der Waals surface area contributed by atoms with Crippen LogP contribution in [0.15, 0.2) is 18.2 Å². The molecule has 0 amide bonds. The van der Waals surface area contributed by atoms with Crippen LogP contribution in [0.2, 0.25) is 0 Å². The topological polar surface area (TPSA) is 43.4 Å². The number of rotatable bonds is 12. The van der Waals surface area contributed by atoms with Crippen molar-refractivity contribution in [2.45, 2.75) is 44.9 Å². The van der Waals surface area contributed by atoms with Gasteiger partial charge in [-0.3, -0.25) is 4.90 Å². The lowest BCUT2D eigenvalue weighted by atomic mass is 9.95. The van der Waals surface area contributed by atoms with E-state index < -0.39 is 0 Å². The Labute approximate surface area is 182 Å². The van der Waals surface area contributed by atoms with Gasteiger partial charge in [-0.2, -0.15) is 0 Å². The minimum atomic E-state index is 0.378. The standard InChI is InChI=1S/C24H40N2O4/c1-27-14-12-25-10-8-20(9-11-25)16-26(18-23-5-4-13-30-23)17-21-6-7-24(29-3)22(15-21)19-28-2/h6-7,15,20,23H,4-5,8-14,16-19H2,1-3H3. The van der Waals surface area contributed by atoms with Gasteiger partial charge < -0.3 is 23.8 Å². The molecule has 0 aliphatic carbocycles. The molecular weight excluding hydrogens is 380 g/mol. The summed E-state index contributed by atoms with van der Waals surface area (Å²) < 4.78 is 22.1. The van der Waals surface area contributed by atoms with E-state index in [0.717, 1.165) is 56.6 Å². The summed E-state index contributed by atoms with van der Waals surface area (Å²) in [6, 6.07) is 6.49. The lowest BCUT2D eigenvalue weighted by Gasteiger charge is -2.35. The van der Waals surface area contributed by atoms with Gasteiger partial charge in [0.05, 0.1) is 26.4 Å². The van der Waals surface area contributed by atoms with Gasteiger partial charge >= 0.3 is 0 Å². The Morgan fingerprint density at radius 1 is 1.07 bits per heavy atom. The quantitative estimate of drug-likeness (QED) is 0.517. The number of piperidine rings is 1. The van der Waals surface area contributed by atoms with Gasteiger partial charge in [0, 0.05) is 52.6 Å². The highest BCUT2D eigenvalue weighted by Gasteiger charge is 2.25. The normalized spacial score (nSPS) is 20.9. The molecule has 2 saturated heterocycles. The molecule has 6 heteroatoms. The summed E-state index contributed by atoms with van der Waals surface area (Å²) in [5.41, 5.74) is 2.43. The zero-order chi connectivity index (χ0) is 21.2. The van der Waals surface area contributed by atoms with Crippen LogP contribution in [0.5, 0.6) is 5.75 Å². The molecule has 2 fully saturated rings. The van der Waals surface area contributed by atoms with Crippen LogP contribution in [0.1, 0.15) is 36.8 Å². The molecule has 0 N–H and O–H groups in total. The van der Waals surface area contributed by atoms with E-state index in [9.17, 15) is 0 Å². The lowest BCUT2D eigenvalue weighted by molar-refractivity contribution is 0.0551. The van der Waals surface area contributed by atoms with Crippen molar-refractivity contribution in [2.75, 3.05) is 67.3 Å². The van der Waals surface area contributed by atoms with Crippen LogP contribution in [0.4, 0.5) is 0 Å². The second-order valence-corrected chi connectivity index (χ2v) is 8.69. The second kappa shape index (κ2) is 12.6. The first-order chi connectivity index (χ1) is 14.7. The third kappa shape index (κ3) is 7.20. The summed E-state index contributed by atoms with van der Waals surface area (Å²) in [5.74, 6) is 1.65. The molecule has 2 heterocycles. The summed E-state index contributed by atoms with van der Waals surface area (Å²) in [7, 11) is 5.23. The van der Waals surface area contributed by atoms with Crippen molar-refractivity contribution in [3.63, 3.8) is 0 Å². The average molecular weight is 421 g/mol. The molecule has 1 unspecified atom stereocenters. The first-order valence-corrected chi connectivity index (χ1v) is 11.4. The molecule has 3 rings (SSSR count). The number of likely N-dealkylation sites (tertiary alicyclic amines) is 1. The number of nitrogens with zero attached hydrogens (tertiary/aromatic N) is 2. The third-order valence-corrected chi connectivity index (χ3v) is 6.37. The first-order valence-electron chi connectivity index (χ1n) is 11.4. The SMILES string of the molecule is COCCN1CCC(CN(Cc2ccc(OC)c(COC)c2)CC2CCCO2)CC1. The number of benzene rings is 1. The summed E-state index contributed by atoms with van der Waals surface area (Å²) >= 11 is 0. The largest absolute Gasteiger partial charge is 0.496 e. The van der Waals surface area contributed by atoms with Crippen molar-refractivity contribution in [1.82, 2.24) is 9.80 Å². The Bertz CT molecular complexity index is 613. The van der Waals surface area contributed by atoms with E-state index in [1.165, 1.54) is 44.3 Å². The van der Waals surface area contributed by atoms with Crippen molar-refractivity contribution < 1.29 is 18.9 Å². The minimum Gasteiger partial charge on any atom is -0.496 e. The maximum absolute atomic E-state index is 5.97. The third-order valence-electron chi connectivity index (χ3n) is 6.37. The van der Waals surface area contributed by atoms with Gasteiger partial charge in [-0.05, 0) is 62.4 Å². The van der Waals surface area contributed by atoms with Crippen LogP contribution in [0.3, 0.4) is 0 Å². The Kier molecular flexibility index (Phi) is 9.88. The molecule has 0 bridgehead atoms. The van der Waals surface area contributed by atoms with Crippen LogP contribution in [0, 0.1) is 5.92 Å². The number of hydrogen-bond donors (Lipinski definition) is 0. The van der Waals surface area contributed by atoms with Gasteiger partial charge in [-0.1, -0.05) is 6.07 Å². The fraction of sp³-hybridized carbons (Fsp3) is 0.750. The molecule has 0 saturated carbocycles. The van der Waals surface area contributed by atoms with Gasteiger partial charge in [0.2, 0.25) is 0 Å². The smallest absolute Gasteiger partial charge is 0.124 e. The predicted molar refractivity (Wildman–Crippen MR) is 119 cm³/mol. The maximum atomic E-state index is 5.97. The fourth-order valence-electron chi connectivity index (χ4n) is 4.71. The van der Waals surface area contributed by atoms with E-state index in [1.54, 1.807) is 21.3 Å². The van der Waals surface area contributed by atoms with Crippen LogP contribution < -0.4 is 4.74 Å². The molecule has 30 heavy (non-hydrogen) atoms. The van der Waals surface area contributed by atoms with Crippen LogP contribution in [0.25, 0.3) is 0 Å². The Hall–Kier alpha value is -1.18. The van der Waals surface area contributed by atoms with Crippen molar-refractivity contribution in [2.24, 2.45) is 5.92 Å². The minimum absolute atomic E-state index is 0.378. The van der Waals surface area contributed by atoms with Gasteiger partial charge in [-0.25, -0.2) is 0 Å². The second-order valence-electron chi connectivity index (χ2n) is 8.69. The summed E-state index contributed by atoms with van der Waals surface area (Å²) in [5, 5.41) is 0. The van der Waals surface area contributed by atoms with Crippen LogP contribution in [-0.2, 0) is 27.4 Å². The van der Waals surface area contributed by atoms with E-state index in [1.807, 2.05) is 0 Å². The monoisotopic (exact) mass is 420 g/mol. The average Bonchev–Trinajstić information content (AvgIpc) is 3.27. The van der Waals surface area contributed by atoms with E-state index >= 15 is 0 Å². The molecule has 1 aromatic rings. The van der Waals surface area contributed by atoms with Crippen molar-refractivity contribution in [1.29, 1.82) is 0 Å². The Balaban J connectivity index is 1.60. The molecule has 1 atom stereocenters. The molecular formula is C24H40N2O4. The maximum Gasteiger partial charge on any atom is 0.124 e. The molecule has 2 aliphatic rings. The van der Waals surface area contributed by atoms with Crippen LogP contribution >= 0.6 is 0 Å². The highest BCUT2D eigenvalue weighted by atomic mass is 16.5. The Morgan fingerprint density at radius 3 is 2.57 bits per heavy atom. The highest BCUT2D eigenvalue weighted by molar-refractivity contribution is 5.37. The van der Waals surface area contributed by atoms with E-state index in [4.69, 9.17) is 18.9 Å². The zero-order valence-corrected chi connectivity index (χ0v) is 19.1. The molecule has 2 aliphatic heterocycles. The molecule has 0 radical (unpaired) electrons. The summed E-state index contributed by atoms with van der Waals surface area (Å²) in [6.45, 7) is 8.85. The van der Waals surface area contributed by atoms with Gasteiger partial charge in [0.1, 0.15) is 5.75 Å². The van der Waals surface area contributed by atoms with Crippen molar-refractivity contribution in [3.8, 4) is 5.75 Å². The van der Waals surface area contributed by atoms with Crippen molar-refractivity contribution in [3.05, 3.63) is 29.3 Å². The first kappa shape index (κ1) is 23.5. The molecule has 0 spiro atoms. The fourth-order valence-corrected chi connectivity index (χ4v) is 4.71. The van der Waals surface area contributed by atoms with E-state index in [-0.39, 0.29) is 0 Å². The number of ether oxygens (including phenoxy) is 4. The van der Waals surface area contributed by atoms with E-state index in [2.05, 4.69) is 28.0 Å². The summed E-state index contributed by atoms with van der Waals surface area (Å²) in [6.07, 6.45) is 5.29. The molecule has 170 valence electrons. The van der Waals surface area contributed by atoms with Crippen molar-refractivity contribution >= 4 is 0 Å². The van der Waals surface area contributed by atoms with Gasteiger partial charge in [0.25, 0.3) is 0 Å². The zero-order valence-electron chi connectivity index (χ0n) is 19.1. The van der Waals surface area contributed by atoms with E-state index in [0.29, 0.717) is 12.7 Å². The molecule has 1 aromatic carbocycles. The summed E-state index contributed by atoms with van der Waals surface area (Å²) in [4.78, 5) is 5.15. The number of hydrogen-bond acceptors (Lipinski definition) is 6. The lowest BCUT2D eigenvalue weighted by Crippen LogP contribution is -2.41.